The number of aromatic nitrogens is 2. The van der Waals surface area contributed by atoms with E-state index in [1.165, 1.54) is 6.21 Å². The van der Waals surface area contributed by atoms with Crippen molar-refractivity contribution in [1.82, 2.24) is 15.2 Å². The van der Waals surface area contributed by atoms with Gasteiger partial charge in [-0.2, -0.15) is 10.2 Å². The molecule has 0 aliphatic heterocycles. The van der Waals surface area contributed by atoms with Crippen LogP contribution < -0.4 is 10.2 Å². The van der Waals surface area contributed by atoms with Gasteiger partial charge in [-0.05, 0) is 29.8 Å². The normalized spacial score (nSPS) is 10.9. The lowest BCUT2D eigenvalue weighted by atomic mass is 10.2. The van der Waals surface area contributed by atoms with Crippen molar-refractivity contribution < 1.29 is 14.5 Å². The first-order chi connectivity index (χ1) is 14.4. The SMILES string of the molecule is O=C(Cn1cc([N+](=O)[O-])cn1)NN=Cc1cccc(OCc2ccc(Cl)cc2Cl)c1. The standard InChI is InChI=1S/C19H15Cl2N5O4/c20-15-5-4-14(18(21)7-15)12-30-17-3-1-2-13(6-17)8-22-24-19(27)11-25-10-16(9-23-25)26(28)29/h1-10H,11-12H2,(H,24,27). The molecule has 11 heteroatoms. The topological polar surface area (TPSA) is 112 Å². The van der Waals surface area contributed by atoms with Gasteiger partial charge < -0.3 is 4.74 Å². The number of halogens is 2. The molecule has 2 aromatic carbocycles. The molecule has 1 N–H and O–H groups in total. The van der Waals surface area contributed by atoms with E-state index in [2.05, 4.69) is 15.6 Å². The highest BCUT2D eigenvalue weighted by Gasteiger charge is 2.10. The van der Waals surface area contributed by atoms with Crippen LogP contribution in [0.4, 0.5) is 5.69 Å². The number of rotatable bonds is 8. The van der Waals surface area contributed by atoms with Crippen molar-refractivity contribution in [2.45, 2.75) is 13.2 Å². The van der Waals surface area contributed by atoms with Crippen molar-refractivity contribution in [3.05, 3.63) is 86.1 Å². The maximum atomic E-state index is 11.9. The summed E-state index contributed by atoms with van der Waals surface area (Å²) in [4.78, 5) is 21.9. The van der Waals surface area contributed by atoms with Gasteiger partial charge in [0.25, 0.3) is 5.91 Å². The molecule has 0 bridgehead atoms. The van der Waals surface area contributed by atoms with Gasteiger partial charge in [-0.15, -0.1) is 0 Å². The molecule has 0 saturated heterocycles. The van der Waals surface area contributed by atoms with E-state index in [4.69, 9.17) is 27.9 Å². The summed E-state index contributed by atoms with van der Waals surface area (Å²) in [6.07, 6.45) is 3.68. The number of nitro groups is 1. The Morgan fingerprint density at radius 3 is 2.87 bits per heavy atom. The Hall–Kier alpha value is -3.43. The molecule has 0 unspecified atom stereocenters. The lowest BCUT2D eigenvalue weighted by Crippen LogP contribution is -2.23. The third kappa shape index (κ3) is 6.03. The molecule has 3 aromatic rings. The quantitative estimate of drug-likeness (QED) is 0.320. The van der Waals surface area contributed by atoms with Crippen molar-refractivity contribution in [2.75, 3.05) is 0 Å². The Morgan fingerprint density at radius 2 is 2.13 bits per heavy atom. The zero-order valence-corrected chi connectivity index (χ0v) is 16.9. The number of hydrogen-bond donors (Lipinski definition) is 1. The smallest absolute Gasteiger partial charge is 0.307 e. The number of hydrogen-bond acceptors (Lipinski definition) is 6. The zero-order chi connectivity index (χ0) is 21.5. The number of carbonyl (C=O) groups excluding carboxylic acids is 1. The van der Waals surface area contributed by atoms with Crippen molar-refractivity contribution in [1.29, 1.82) is 0 Å². The van der Waals surface area contributed by atoms with Gasteiger partial charge in [0.05, 0.1) is 11.1 Å². The van der Waals surface area contributed by atoms with Crippen molar-refractivity contribution >= 4 is 41.0 Å². The van der Waals surface area contributed by atoms with Crippen LogP contribution in [0.15, 0.2) is 60.0 Å². The van der Waals surface area contributed by atoms with Gasteiger partial charge in [-0.25, -0.2) is 5.43 Å². The fourth-order valence-corrected chi connectivity index (χ4v) is 2.84. The minimum absolute atomic E-state index is 0.192. The van der Waals surface area contributed by atoms with Crippen LogP contribution in [0.2, 0.25) is 10.0 Å². The van der Waals surface area contributed by atoms with Crippen LogP contribution in [0.5, 0.6) is 5.75 Å². The molecule has 0 radical (unpaired) electrons. The first-order valence-electron chi connectivity index (χ1n) is 8.56. The molecule has 154 valence electrons. The number of amides is 1. The number of carbonyl (C=O) groups is 1. The molecule has 9 nitrogen and oxygen atoms in total. The van der Waals surface area contributed by atoms with Gasteiger partial charge in [0, 0.05) is 15.6 Å². The van der Waals surface area contributed by atoms with E-state index in [1.807, 2.05) is 0 Å². The summed E-state index contributed by atoms with van der Waals surface area (Å²) >= 11 is 12.0. The van der Waals surface area contributed by atoms with E-state index in [-0.39, 0.29) is 18.8 Å². The summed E-state index contributed by atoms with van der Waals surface area (Å²) in [5.41, 5.74) is 3.64. The van der Waals surface area contributed by atoms with Gasteiger partial charge in [0.2, 0.25) is 0 Å². The highest BCUT2D eigenvalue weighted by atomic mass is 35.5. The number of nitrogens with zero attached hydrogens (tertiary/aromatic N) is 4. The van der Waals surface area contributed by atoms with Gasteiger partial charge >= 0.3 is 5.69 Å². The van der Waals surface area contributed by atoms with Crippen molar-refractivity contribution in [3.63, 3.8) is 0 Å². The second kappa shape index (κ2) is 9.86. The first kappa shape index (κ1) is 21.3. The molecule has 0 aliphatic rings. The van der Waals surface area contributed by atoms with E-state index in [0.717, 1.165) is 22.6 Å². The summed E-state index contributed by atoms with van der Waals surface area (Å²) in [6.45, 7) is 0.0690. The Labute approximate surface area is 181 Å². The van der Waals surface area contributed by atoms with Crippen LogP contribution in [0.3, 0.4) is 0 Å². The molecule has 0 atom stereocenters. The molecule has 0 fully saturated rings. The number of hydrazone groups is 1. The Kier molecular flexibility index (Phi) is 6.99. The second-order valence-corrected chi connectivity index (χ2v) is 6.89. The number of ether oxygens (including phenoxy) is 1. The largest absolute Gasteiger partial charge is 0.489 e. The van der Waals surface area contributed by atoms with Gasteiger partial charge in [-0.3, -0.25) is 19.6 Å². The van der Waals surface area contributed by atoms with Crippen LogP contribution in [0, 0.1) is 10.1 Å². The fourth-order valence-electron chi connectivity index (χ4n) is 2.38. The molecular formula is C19H15Cl2N5O4. The Bertz CT molecular complexity index is 1100. The lowest BCUT2D eigenvalue weighted by Gasteiger charge is -2.08. The summed E-state index contributed by atoms with van der Waals surface area (Å²) in [7, 11) is 0. The molecule has 0 aliphatic carbocycles. The monoisotopic (exact) mass is 447 g/mol. The highest BCUT2D eigenvalue weighted by Crippen LogP contribution is 2.23. The minimum atomic E-state index is -0.588. The predicted octanol–water partition coefficient (Wildman–Crippen LogP) is 3.83. The predicted molar refractivity (Wildman–Crippen MR) is 112 cm³/mol. The molecule has 0 saturated carbocycles. The molecule has 1 heterocycles. The van der Waals surface area contributed by atoms with Gasteiger partial charge in [0.1, 0.15) is 31.3 Å². The van der Waals surface area contributed by atoms with E-state index in [1.54, 1.807) is 42.5 Å². The van der Waals surface area contributed by atoms with E-state index < -0.39 is 10.8 Å². The minimum Gasteiger partial charge on any atom is -0.489 e. The van der Waals surface area contributed by atoms with E-state index in [9.17, 15) is 14.9 Å². The average molecular weight is 448 g/mol. The Balaban J connectivity index is 1.53. The number of nitrogens with one attached hydrogen (secondary N) is 1. The third-order valence-electron chi connectivity index (χ3n) is 3.81. The van der Waals surface area contributed by atoms with E-state index >= 15 is 0 Å². The average Bonchev–Trinajstić information content (AvgIpc) is 3.16. The molecule has 1 amide bonds. The van der Waals surface area contributed by atoms with Crippen LogP contribution in [-0.2, 0) is 17.9 Å². The third-order valence-corrected chi connectivity index (χ3v) is 4.39. The fraction of sp³-hybridized carbons (Fsp3) is 0.105. The van der Waals surface area contributed by atoms with Gasteiger partial charge in [0.15, 0.2) is 0 Å². The molecular weight excluding hydrogens is 433 g/mol. The van der Waals surface area contributed by atoms with Crippen LogP contribution >= 0.6 is 23.2 Å². The molecule has 30 heavy (non-hydrogen) atoms. The summed E-state index contributed by atoms with van der Waals surface area (Å²) in [5, 5.41) is 19.3. The van der Waals surface area contributed by atoms with Crippen LogP contribution in [0.25, 0.3) is 0 Å². The maximum absolute atomic E-state index is 11.9. The van der Waals surface area contributed by atoms with Crippen molar-refractivity contribution in [3.8, 4) is 5.75 Å². The van der Waals surface area contributed by atoms with Crippen molar-refractivity contribution in [2.24, 2.45) is 5.10 Å². The second-order valence-electron chi connectivity index (χ2n) is 6.04. The lowest BCUT2D eigenvalue weighted by molar-refractivity contribution is -0.385. The molecule has 3 rings (SSSR count). The molecule has 1 aromatic heterocycles. The molecule has 0 spiro atoms. The van der Waals surface area contributed by atoms with E-state index in [0.29, 0.717) is 21.4 Å². The summed E-state index contributed by atoms with van der Waals surface area (Å²) in [6, 6.07) is 12.3. The number of benzene rings is 2. The summed E-state index contributed by atoms with van der Waals surface area (Å²) < 4.78 is 6.89. The van der Waals surface area contributed by atoms with Crippen LogP contribution in [-0.4, -0.2) is 26.8 Å². The Morgan fingerprint density at radius 1 is 1.30 bits per heavy atom. The van der Waals surface area contributed by atoms with Crippen LogP contribution in [0.1, 0.15) is 11.1 Å². The maximum Gasteiger partial charge on any atom is 0.307 e. The zero-order valence-electron chi connectivity index (χ0n) is 15.4. The highest BCUT2D eigenvalue weighted by molar-refractivity contribution is 6.35. The van der Waals surface area contributed by atoms with Gasteiger partial charge in [-0.1, -0.05) is 41.4 Å². The first-order valence-corrected chi connectivity index (χ1v) is 9.32. The summed E-state index contributed by atoms with van der Waals surface area (Å²) in [5.74, 6) is 0.120.